The molecular weight excluding hydrogens is 374 g/mol. The monoisotopic (exact) mass is 401 g/mol. The third-order valence-electron chi connectivity index (χ3n) is 4.57. The van der Waals surface area contributed by atoms with Crippen molar-refractivity contribution in [2.24, 2.45) is 0 Å². The molecule has 154 valence electrons. The quantitative estimate of drug-likeness (QED) is 0.522. The molecule has 3 aromatic rings. The summed E-state index contributed by atoms with van der Waals surface area (Å²) in [6, 6.07) is 18.3. The zero-order chi connectivity index (χ0) is 22.1. The molecule has 0 radical (unpaired) electrons. The Bertz CT molecular complexity index is 1040. The summed E-state index contributed by atoms with van der Waals surface area (Å²) < 4.78 is 5.63. The highest BCUT2D eigenvalue weighted by Gasteiger charge is 2.22. The Morgan fingerprint density at radius 1 is 1.00 bits per heavy atom. The highest BCUT2D eigenvalue weighted by molar-refractivity contribution is 6.03. The first kappa shape index (κ1) is 22.8. The van der Waals surface area contributed by atoms with Crippen LogP contribution in [0.25, 0.3) is 34.5 Å². The summed E-state index contributed by atoms with van der Waals surface area (Å²) in [5.74, 6) is 0.394. The van der Waals surface area contributed by atoms with Crippen LogP contribution in [0.2, 0.25) is 0 Å². The number of carbonyl (C=O) groups excluding carboxylic acids is 1. The molecule has 0 atom stereocenters. The lowest BCUT2D eigenvalue weighted by molar-refractivity contribution is 0.101. The Hall–Kier alpha value is -3.50. The van der Waals surface area contributed by atoms with Crippen molar-refractivity contribution in [1.82, 2.24) is 4.98 Å². The van der Waals surface area contributed by atoms with E-state index < -0.39 is 0 Å². The molecule has 1 aromatic heterocycles. The zero-order valence-corrected chi connectivity index (χ0v) is 17.8. The Balaban J connectivity index is 0.00000155. The van der Waals surface area contributed by atoms with Gasteiger partial charge in [0.25, 0.3) is 0 Å². The summed E-state index contributed by atoms with van der Waals surface area (Å²) in [6.07, 6.45) is 5.43. The molecule has 0 aliphatic rings. The maximum Gasteiger partial charge on any atom is 0.164 e. The van der Waals surface area contributed by atoms with Crippen LogP contribution in [0.3, 0.4) is 0 Å². The normalized spacial score (nSPS) is 10.3. The van der Waals surface area contributed by atoms with E-state index in [0.29, 0.717) is 28.3 Å². The molecule has 1 N–H and O–H groups in total. The van der Waals surface area contributed by atoms with Gasteiger partial charge in [-0.25, -0.2) is 4.98 Å². The van der Waals surface area contributed by atoms with Gasteiger partial charge >= 0.3 is 0 Å². The number of aromatic nitrogens is 1. The Labute approximate surface area is 178 Å². The van der Waals surface area contributed by atoms with Crippen molar-refractivity contribution in [3.05, 3.63) is 84.1 Å². The molecule has 0 aliphatic carbocycles. The number of benzene rings is 2. The number of methoxy groups -OCH3 is 1. The zero-order valence-electron chi connectivity index (χ0n) is 17.8. The van der Waals surface area contributed by atoms with Crippen molar-refractivity contribution in [1.29, 1.82) is 0 Å². The van der Waals surface area contributed by atoms with Crippen LogP contribution in [-0.2, 0) is 0 Å². The minimum Gasteiger partial charge on any atom is -0.494 e. The second-order valence-corrected chi connectivity index (χ2v) is 6.37. The first-order valence-corrected chi connectivity index (χ1v) is 9.59. The Morgan fingerprint density at radius 3 is 2.07 bits per heavy atom. The summed E-state index contributed by atoms with van der Waals surface area (Å²) in [5.41, 5.74) is 5.69. The predicted octanol–water partition coefficient (Wildman–Crippen LogP) is 5.91. The van der Waals surface area contributed by atoms with E-state index in [9.17, 15) is 4.79 Å². The van der Waals surface area contributed by atoms with E-state index in [-0.39, 0.29) is 5.78 Å². The maximum absolute atomic E-state index is 12.4. The molecule has 0 aliphatic heterocycles. The molecule has 1 heterocycles. The second-order valence-electron chi connectivity index (χ2n) is 6.37. The fourth-order valence-corrected chi connectivity index (χ4v) is 3.29. The molecule has 2 aromatic carbocycles. The van der Waals surface area contributed by atoms with Crippen LogP contribution in [0.5, 0.6) is 5.75 Å². The summed E-state index contributed by atoms with van der Waals surface area (Å²) in [5, 5.41) is 7.00. The number of allylic oxidation sites excluding steroid dienone is 1. The van der Waals surface area contributed by atoms with Gasteiger partial charge in [-0.15, -0.1) is 0 Å². The van der Waals surface area contributed by atoms with E-state index in [2.05, 4.69) is 30.8 Å². The number of ether oxygens (including phenoxy) is 1. The highest BCUT2D eigenvalue weighted by Crippen LogP contribution is 2.37. The van der Waals surface area contributed by atoms with E-state index in [0.717, 1.165) is 23.8 Å². The SMILES string of the molecule is C=Cc1c(/C=C\C)nc(-c2ccc(-c3ccccc3)cc2)c(OC)c1C(C)=O.CO. The lowest BCUT2D eigenvalue weighted by Gasteiger charge is -2.16. The largest absolute Gasteiger partial charge is 0.494 e. The number of hydrogen-bond donors (Lipinski definition) is 1. The van der Waals surface area contributed by atoms with E-state index in [1.807, 2.05) is 49.4 Å². The minimum atomic E-state index is -0.0814. The van der Waals surface area contributed by atoms with E-state index in [4.69, 9.17) is 14.8 Å². The van der Waals surface area contributed by atoms with Crippen molar-refractivity contribution >= 4 is 17.9 Å². The summed E-state index contributed by atoms with van der Waals surface area (Å²) in [4.78, 5) is 17.2. The topological polar surface area (TPSA) is 59.4 Å². The van der Waals surface area contributed by atoms with E-state index in [1.165, 1.54) is 6.92 Å². The third-order valence-corrected chi connectivity index (χ3v) is 4.57. The second kappa shape index (κ2) is 10.9. The van der Waals surface area contributed by atoms with Crippen molar-refractivity contribution < 1.29 is 14.6 Å². The summed E-state index contributed by atoms with van der Waals surface area (Å²) in [6.45, 7) is 7.31. The number of nitrogens with zero attached hydrogens (tertiary/aromatic N) is 1. The Kier molecular flexibility index (Phi) is 8.27. The molecule has 30 heavy (non-hydrogen) atoms. The molecule has 4 heteroatoms. The fourth-order valence-electron chi connectivity index (χ4n) is 3.29. The van der Waals surface area contributed by atoms with Crippen molar-refractivity contribution in [2.75, 3.05) is 14.2 Å². The van der Waals surface area contributed by atoms with Gasteiger partial charge in [0, 0.05) is 18.2 Å². The fraction of sp³-hybridized carbons (Fsp3) is 0.154. The van der Waals surface area contributed by atoms with Crippen molar-refractivity contribution in [2.45, 2.75) is 13.8 Å². The highest BCUT2D eigenvalue weighted by atomic mass is 16.5. The molecule has 4 nitrogen and oxygen atoms in total. The smallest absolute Gasteiger partial charge is 0.164 e. The van der Waals surface area contributed by atoms with Crippen LogP contribution in [0.1, 0.15) is 35.5 Å². The van der Waals surface area contributed by atoms with E-state index >= 15 is 0 Å². The van der Waals surface area contributed by atoms with Gasteiger partial charge in [0.05, 0.1) is 18.4 Å². The summed E-state index contributed by atoms with van der Waals surface area (Å²) >= 11 is 0. The number of Topliss-reactive ketones (excluding diaryl/α,β-unsaturated/α-hetero) is 1. The van der Waals surface area contributed by atoms with Gasteiger partial charge in [-0.05, 0) is 31.1 Å². The molecule has 0 bridgehead atoms. The molecule has 0 amide bonds. The first-order chi connectivity index (χ1) is 14.6. The van der Waals surface area contributed by atoms with Crippen LogP contribution in [0.15, 0.2) is 67.3 Å². The number of carbonyl (C=O) groups is 1. The molecule has 0 unspecified atom stereocenters. The number of rotatable bonds is 6. The predicted molar refractivity (Wildman–Crippen MR) is 125 cm³/mol. The average molecular weight is 402 g/mol. The van der Waals surface area contributed by atoms with Crippen LogP contribution >= 0.6 is 0 Å². The van der Waals surface area contributed by atoms with Gasteiger partial charge < -0.3 is 9.84 Å². The molecule has 0 saturated heterocycles. The minimum absolute atomic E-state index is 0.0814. The van der Waals surface area contributed by atoms with Crippen LogP contribution < -0.4 is 4.74 Å². The van der Waals surface area contributed by atoms with Gasteiger partial charge in [-0.1, -0.05) is 73.3 Å². The Morgan fingerprint density at radius 2 is 1.57 bits per heavy atom. The third kappa shape index (κ3) is 4.73. The van der Waals surface area contributed by atoms with Gasteiger partial charge in [0.15, 0.2) is 11.5 Å². The average Bonchev–Trinajstić information content (AvgIpc) is 2.80. The lowest BCUT2D eigenvalue weighted by Crippen LogP contribution is -2.07. The van der Waals surface area contributed by atoms with Crippen molar-refractivity contribution in [3.63, 3.8) is 0 Å². The van der Waals surface area contributed by atoms with Crippen LogP contribution in [-0.4, -0.2) is 30.1 Å². The molecule has 0 saturated carbocycles. The molecule has 0 spiro atoms. The molecular formula is C26H27NO3. The summed E-state index contributed by atoms with van der Waals surface area (Å²) in [7, 11) is 2.56. The standard InChI is InChI=1S/C25H23NO2.CH4O/c1-5-10-22-21(6-2)23(17(3)27)25(28-4)24(26-22)20-15-13-19(14-16-20)18-11-8-7-9-12-18;1-2/h5-16H,2H2,1,3-4H3;2H,1H3/b10-5-;. The van der Waals surface area contributed by atoms with Gasteiger partial charge in [0.2, 0.25) is 0 Å². The number of aliphatic hydroxyl groups excluding tert-OH is 1. The maximum atomic E-state index is 12.4. The van der Waals surface area contributed by atoms with Crippen LogP contribution in [0.4, 0.5) is 0 Å². The first-order valence-electron chi connectivity index (χ1n) is 9.59. The number of hydrogen-bond acceptors (Lipinski definition) is 4. The van der Waals surface area contributed by atoms with Crippen LogP contribution in [0, 0.1) is 0 Å². The molecule has 3 rings (SSSR count). The number of ketones is 1. The van der Waals surface area contributed by atoms with Gasteiger partial charge in [-0.3, -0.25) is 4.79 Å². The van der Waals surface area contributed by atoms with Crippen molar-refractivity contribution in [3.8, 4) is 28.1 Å². The number of aliphatic hydroxyl groups is 1. The van der Waals surface area contributed by atoms with Gasteiger partial charge in [-0.2, -0.15) is 0 Å². The van der Waals surface area contributed by atoms with E-state index in [1.54, 1.807) is 13.2 Å². The molecule has 0 fully saturated rings. The van der Waals surface area contributed by atoms with Gasteiger partial charge in [0.1, 0.15) is 5.69 Å². The lowest BCUT2D eigenvalue weighted by atomic mass is 9.96. The number of pyridine rings is 1.